The van der Waals surface area contributed by atoms with E-state index in [1.54, 1.807) is 7.11 Å². The molecule has 1 aromatic heterocycles. The second kappa shape index (κ2) is 7.73. The molecule has 0 aliphatic carbocycles. The number of nitrogens with zero attached hydrogens (tertiary/aromatic N) is 3. The summed E-state index contributed by atoms with van der Waals surface area (Å²) in [5, 5.41) is 3.32. The Bertz CT molecular complexity index is 395. The molecule has 0 spiro atoms. The van der Waals surface area contributed by atoms with Crippen molar-refractivity contribution in [3.05, 3.63) is 17.7 Å². The summed E-state index contributed by atoms with van der Waals surface area (Å²) in [7, 11) is 6.11. The Balaban J connectivity index is 1.79. The maximum Gasteiger partial charge on any atom is 0.107 e. The third-order valence-electron chi connectivity index (χ3n) is 3.89. The van der Waals surface area contributed by atoms with Crippen molar-refractivity contribution < 1.29 is 4.74 Å². The number of piperazine rings is 1. The predicted octanol–water partition coefficient (Wildman–Crippen LogP) is -0.0660. The Labute approximate surface area is 121 Å². The Morgan fingerprint density at radius 2 is 2.30 bits per heavy atom. The van der Waals surface area contributed by atoms with Crippen LogP contribution in [0.3, 0.4) is 0 Å². The van der Waals surface area contributed by atoms with Gasteiger partial charge in [0.05, 0.1) is 6.61 Å². The molecule has 2 N–H and O–H groups in total. The van der Waals surface area contributed by atoms with Crippen LogP contribution in [0.15, 0.2) is 6.20 Å². The molecule has 20 heavy (non-hydrogen) atoms. The van der Waals surface area contributed by atoms with E-state index in [0.29, 0.717) is 6.04 Å². The van der Waals surface area contributed by atoms with Crippen molar-refractivity contribution in [1.82, 2.24) is 25.1 Å². The molecule has 1 aliphatic rings. The molecule has 6 heteroatoms. The van der Waals surface area contributed by atoms with Gasteiger partial charge in [0.15, 0.2) is 0 Å². The van der Waals surface area contributed by atoms with Gasteiger partial charge in [0.2, 0.25) is 0 Å². The SMILES string of the molecule is COCCNCc1cnc(CC2CN(C)CCN2C)[nH]1. The predicted molar refractivity (Wildman–Crippen MR) is 79.8 cm³/mol. The van der Waals surface area contributed by atoms with Gasteiger partial charge < -0.3 is 24.8 Å². The van der Waals surface area contributed by atoms with Crippen molar-refractivity contribution in [2.75, 3.05) is 54.0 Å². The van der Waals surface area contributed by atoms with Gasteiger partial charge in [-0.25, -0.2) is 4.98 Å². The maximum atomic E-state index is 5.01. The Morgan fingerprint density at radius 3 is 3.10 bits per heavy atom. The summed E-state index contributed by atoms with van der Waals surface area (Å²) >= 11 is 0. The Morgan fingerprint density at radius 1 is 1.45 bits per heavy atom. The largest absolute Gasteiger partial charge is 0.383 e. The number of H-pyrrole nitrogens is 1. The van der Waals surface area contributed by atoms with Crippen molar-refractivity contribution >= 4 is 0 Å². The van der Waals surface area contributed by atoms with Crippen molar-refractivity contribution in [2.45, 2.75) is 19.0 Å². The van der Waals surface area contributed by atoms with Crippen molar-refractivity contribution in [1.29, 1.82) is 0 Å². The third-order valence-corrected chi connectivity index (χ3v) is 3.89. The highest BCUT2D eigenvalue weighted by Crippen LogP contribution is 2.10. The number of hydrogen-bond donors (Lipinski definition) is 2. The normalized spacial score (nSPS) is 21.4. The first kappa shape index (κ1) is 15.4. The third kappa shape index (κ3) is 4.56. The van der Waals surface area contributed by atoms with Crippen molar-refractivity contribution in [3.8, 4) is 0 Å². The summed E-state index contributed by atoms with van der Waals surface area (Å²) in [6.07, 6.45) is 2.92. The van der Waals surface area contributed by atoms with E-state index >= 15 is 0 Å². The molecule has 1 unspecified atom stereocenters. The molecule has 2 rings (SSSR count). The highest BCUT2D eigenvalue weighted by Gasteiger charge is 2.23. The number of ether oxygens (including phenoxy) is 1. The quantitative estimate of drug-likeness (QED) is 0.686. The molecule has 0 amide bonds. The zero-order chi connectivity index (χ0) is 14.4. The number of nitrogens with one attached hydrogen (secondary N) is 2. The second-order valence-electron chi connectivity index (χ2n) is 5.63. The fourth-order valence-corrected chi connectivity index (χ4v) is 2.54. The molecule has 1 aliphatic heterocycles. The van der Waals surface area contributed by atoms with Gasteiger partial charge in [-0.05, 0) is 14.1 Å². The average molecular weight is 281 g/mol. The van der Waals surface area contributed by atoms with E-state index in [1.807, 2.05) is 6.20 Å². The van der Waals surface area contributed by atoms with Crippen LogP contribution in [0.25, 0.3) is 0 Å². The first-order valence-electron chi connectivity index (χ1n) is 7.30. The van der Waals surface area contributed by atoms with E-state index < -0.39 is 0 Å². The zero-order valence-corrected chi connectivity index (χ0v) is 12.9. The smallest absolute Gasteiger partial charge is 0.107 e. The fraction of sp³-hybridized carbons (Fsp3) is 0.786. The average Bonchev–Trinajstić information content (AvgIpc) is 2.87. The van der Waals surface area contributed by atoms with Gasteiger partial charge in [-0.1, -0.05) is 0 Å². The number of likely N-dealkylation sites (N-methyl/N-ethyl adjacent to an activating group) is 2. The monoisotopic (exact) mass is 281 g/mol. The van der Waals surface area contributed by atoms with Crippen LogP contribution in [0.2, 0.25) is 0 Å². The van der Waals surface area contributed by atoms with Gasteiger partial charge in [-0.3, -0.25) is 0 Å². The first-order valence-corrected chi connectivity index (χ1v) is 7.30. The molecule has 0 saturated carbocycles. The van der Waals surface area contributed by atoms with E-state index in [-0.39, 0.29) is 0 Å². The molecule has 114 valence electrons. The molecule has 2 heterocycles. The maximum absolute atomic E-state index is 5.01. The summed E-state index contributed by atoms with van der Waals surface area (Å²) in [6.45, 7) is 5.81. The van der Waals surface area contributed by atoms with E-state index in [2.05, 4.69) is 39.2 Å². The van der Waals surface area contributed by atoms with E-state index in [9.17, 15) is 0 Å². The summed E-state index contributed by atoms with van der Waals surface area (Å²) in [4.78, 5) is 12.7. The molecular weight excluding hydrogens is 254 g/mol. The number of aromatic amines is 1. The highest BCUT2D eigenvalue weighted by atomic mass is 16.5. The van der Waals surface area contributed by atoms with E-state index in [0.717, 1.165) is 57.3 Å². The van der Waals surface area contributed by atoms with Gasteiger partial charge in [0, 0.05) is 64.2 Å². The minimum Gasteiger partial charge on any atom is -0.383 e. The molecule has 0 aromatic carbocycles. The minimum absolute atomic E-state index is 0.550. The first-order chi connectivity index (χ1) is 9.69. The van der Waals surface area contributed by atoms with Gasteiger partial charge in [0.25, 0.3) is 0 Å². The van der Waals surface area contributed by atoms with Crippen LogP contribution in [0.4, 0.5) is 0 Å². The molecule has 1 atom stereocenters. The van der Waals surface area contributed by atoms with Crippen LogP contribution in [0.5, 0.6) is 0 Å². The van der Waals surface area contributed by atoms with Gasteiger partial charge >= 0.3 is 0 Å². The fourth-order valence-electron chi connectivity index (χ4n) is 2.54. The summed E-state index contributed by atoms with van der Waals surface area (Å²) in [6, 6.07) is 0.550. The van der Waals surface area contributed by atoms with Gasteiger partial charge in [-0.15, -0.1) is 0 Å². The van der Waals surface area contributed by atoms with Crippen LogP contribution >= 0.6 is 0 Å². The van der Waals surface area contributed by atoms with Crippen LogP contribution < -0.4 is 5.32 Å². The summed E-state index contributed by atoms with van der Waals surface area (Å²) in [5.41, 5.74) is 1.14. The Kier molecular flexibility index (Phi) is 5.97. The molecular formula is C14H27N5O. The lowest BCUT2D eigenvalue weighted by Crippen LogP contribution is -2.50. The number of rotatable bonds is 7. The van der Waals surface area contributed by atoms with Crippen LogP contribution in [0.1, 0.15) is 11.5 Å². The van der Waals surface area contributed by atoms with Crippen molar-refractivity contribution in [2.24, 2.45) is 0 Å². The molecule has 1 fully saturated rings. The number of aromatic nitrogens is 2. The van der Waals surface area contributed by atoms with E-state index in [1.165, 1.54) is 0 Å². The Hall–Kier alpha value is -0.950. The minimum atomic E-state index is 0.550. The molecule has 1 saturated heterocycles. The molecule has 1 aromatic rings. The van der Waals surface area contributed by atoms with Gasteiger partial charge in [-0.2, -0.15) is 0 Å². The molecule has 0 radical (unpaired) electrons. The van der Waals surface area contributed by atoms with E-state index in [4.69, 9.17) is 4.74 Å². The number of imidazole rings is 1. The second-order valence-corrected chi connectivity index (χ2v) is 5.63. The highest BCUT2D eigenvalue weighted by molar-refractivity contribution is 5.03. The van der Waals surface area contributed by atoms with Crippen LogP contribution in [-0.2, 0) is 17.7 Å². The zero-order valence-electron chi connectivity index (χ0n) is 12.9. The number of methoxy groups -OCH3 is 1. The lowest BCUT2D eigenvalue weighted by atomic mass is 10.1. The lowest BCUT2D eigenvalue weighted by Gasteiger charge is -2.37. The molecule has 6 nitrogen and oxygen atoms in total. The topological polar surface area (TPSA) is 56.4 Å². The standard InChI is InChI=1S/C14H27N5O/c1-18-5-6-19(2)13(11-18)8-14-16-10-12(17-14)9-15-4-7-20-3/h10,13,15H,4-9,11H2,1-3H3,(H,16,17). The summed E-state index contributed by atoms with van der Waals surface area (Å²) < 4.78 is 5.01. The van der Waals surface area contributed by atoms with Gasteiger partial charge in [0.1, 0.15) is 5.82 Å². The van der Waals surface area contributed by atoms with Crippen LogP contribution in [0, 0.1) is 0 Å². The lowest BCUT2D eigenvalue weighted by molar-refractivity contribution is 0.113. The van der Waals surface area contributed by atoms with Crippen LogP contribution in [-0.4, -0.2) is 79.8 Å². The number of hydrogen-bond acceptors (Lipinski definition) is 5. The molecule has 0 bridgehead atoms. The summed E-state index contributed by atoms with van der Waals surface area (Å²) in [5.74, 6) is 1.08. The van der Waals surface area contributed by atoms with Crippen molar-refractivity contribution in [3.63, 3.8) is 0 Å².